The number of halogens is 1. The van der Waals surface area contributed by atoms with Crippen LogP contribution in [0.3, 0.4) is 0 Å². The van der Waals surface area contributed by atoms with Gasteiger partial charge in [-0.3, -0.25) is 0 Å². The van der Waals surface area contributed by atoms with Crippen molar-refractivity contribution in [3.8, 4) is 0 Å². The summed E-state index contributed by atoms with van der Waals surface area (Å²) in [5, 5.41) is 14.6. The van der Waals surface area contributed by atoms with Gasteiger partial charge in [-0.1, -0.05) is 29.8 Å². The molecular weight excluding hydrogens is 403 g/mol. The molecule has 1 heterocycles. The van der Waals surface area contributed by atoms with Crippen LogP contribution in [-0.4, -0.2) is 27.3 Å². The second kappa shape index (κ2) is 10.2. The van der Waals surface area contributed by atoms with Gasteiger partial charge >= 0.3 is 0 Å². The molecule has 0 aliphatic carbocycles. The highest BCUT2D eigenvalue weighted by molar-refractivity contribution is 14.0. The zero-order chi connectivity index (χ0) is 15.8. The molecule has 1 aromatic carbocycles. The zero-order valence-corrected chi connectivity index (χ0v) is 16.2. The Balaban J connectivity index is 0.00000264. The predicted molar refractivity (Wildman–Crippen MR) is 104 cm³/mol. The summed E-state index contributed by atoms with van der Waals surface area (Å²) in [5.41, 5.74) is 2.45. The topological polar surface area (TPSA) is 67.1 Å². The lowest BCUT2D eigenvalue weighted by Crippen LogP contribution is -2.37. The largest absolute Gasteiger partial charge is 0.357 e. The number of hydrogen-bond acceptors (Lipinski definition) is 3. The van der Waals surface area contributed by atoms with Gasteiger partial charge in [0.15, 0.2) is 11.8 Å². The fourth-order valence-electron chi connectivity index (χ4n) is 2.05. The third-order valence-electron chi connectivity index (χ3n) is 3.33. The molecule has 1 aromatic heterocycles. The van der Waals surface area contributed by atoms with Gasteiger partial charge in [0.1, 0.15) is 6.33 Å². The van der Waals surface area contributed by atoms with Crippen molar-refractivity contribution in [3.63, 3.8) is 0 Å². The minimum atomic E-state index is 0. The molecule has 23 heavy (non-hydrogen) atoms. The highest BCUT2D eigenvalue weighted by Gasteiger charge is 2.04. The fourth-order valence-corrected chi connectivity index (χ4v) is 2.05. The number of benzene rings is 1. The third kappa shape index (κ3) is 6.17. The molecule has 2 aromatic rings. The number of aliphatic imine (C=N–C) groups is 1. The molecule has 0 spiro atoms. The van der Waals surface area contributed by atoms with E-state index in [1.807, 2.05) is 4.57 Å². The van der Waals surface area contributed by atoms with Crippen molar-refractivity contribution in [1.29, 1.82) is 0 Å². The lowest BCUT2D eigenvalue weighted by molar-refractivity contribution is 0.670. The Morgan fingerprint density at radius 2 is 1.91 bits per heavy atom. The minimum Gasteiger partial charge on any atom is -0.357 e. The van der Waals surface area contributed by atoms with E-state index in [4.69, 9.17) is 0 Å². The highest BCUT2D eigenvalue weighted by Crippen LogP contribution is 2.04. The van der Waals surface area contributed by atoms with Gasteiger partial charge in [-0.05, 0) is 26.3 Å². The second-order valence-corrected chi connectivity index (χ2v) is 5.07. The van der Waals surface area contributed by atoms with Crippen molar-refractivity contribution in [2.24, 2.45) is 4.99 Å². The van der Waals surface area contributed by atoms with E-state index < -0.39 is 0 Å². The van der Waals surface area contributed by atoms with Crippen LogP contribution in [0.15, 0.2) is 35.6 Å². The standard InChI is InChI=1S/C16H24N6.HI/c1-4-17-16(18-10-14-8-6-13(3)7-9-14)19-11-15-21-20-12-22(15)5-2;/h6-9,12H,4-5,10-11H2,1-3H3,(H2,17,18,19);1H. The number of rotatable bonds is 6. The lowest BCUT2D eigenvalue weighted by Gasteiger charge is -2.11. The molecule has 126 valence electrons. The SMILES string of the molecule is CCNC(=NCc1ccc(C)cc1)NCc1nncn1CC.I. The Hall–Kier alpha value is -1.64. The van der Waals surface area contributed by atoms with E-state index >= 15 is 0 Å². The molecule has 0 saturated carbocycles. The van der Waals surface area contributed by atoms with Crippen LogP contribution >= 0.6 is 24.0 Å². The Bertz CT molecular complexity index is 605. The molecule has 0 atom stereocenters. The van der Waals surface area contributed by atoms with Gasteiger partial charge in [-0.25, -0.2) is 4.99 Å². The van der Waals surface area contributed by atoms with Crippen molar-refractivity contribution >= 4 is 29.9 Å². The molecule has 0 aliphatic heterocycles. The van der Waals surface area contributed by atoms with Crippen molar-refractivity contribution in [3.05, 3.63) is 47.5 Å². The summed E-state index contributed by atoms with van der Waals surface area (Å²) in [6.45, 7) is 9.15. The quantitative estimate of drug-likeness (QED) is 0.422. The number of aryl methyl sites for hydroxylation is 2. The number of aromatic nitrogens is 3. The van der Waals surface area contributed by atoms with Crippen molar-refractivity contribution in [2.45, 2.75) is 40.4 Å². The molecule has 0 aliphatic rings. The number of guanidine groups is 1. The summed E-state index contributed by atoms with van der Waals surface area (Å²) < 4.78 is 2.01. The van der Waals surface area contributed by atoms with E-state index in [0.717, 1.165) is 24.9 Å². The molecule has 0 fully saturated rings. The average Bonchev–Trinajstić information content (AvgIpc) is 2.99. The van der Waals surface area contributed by atoms with E-state index in [1.165, 1.54) is 11.1 Å². The van der Waals surface area contributed by atoms with E-state index in [2.05, 4.69) is 70.9 Å². The summed E-state index contributed by atoms with van der Waals surface area (Å²) in [7, 11) is 0. The number of nitrogens with one attached hydrogen (secondary N) is 2. The number of hydrogen-bond donors (Lipinski definition) is 2. The molecule has 0 bridgehead atoms. The number of nitrogens with zero attached hydrogens (tertiary/aromatic N) is 4. The maximum absolute atomic E-state index is 4.61. The summed E-state index contributed by atoms with van der Waals surface area (Å²) in [6, 6.07) is 8.43. The van der Waals surface area contributed by atoms with Crippen molar-refractivity contribution in [1.82, 2.24) is 25.4 Å². The molecule has 2 rings (SSSR count). The molecule has 6 nitrogen and oxygen atoms in total. The maximum Gasteiger partial charge on any atom is 0.191 e. The van der Waals surface area contributed by atoms with E-state index in [0.29, 0.717) is 13.1 Å². The molecule has 0 saturated heterocycles. The Morgan fingerprint density at radius 3 is 2.57 bits per heavy atom. The fraction of sp³-hybridized carbons (Fsp3) is 0.438. The normalized spacial score (nSPS) is 11.0. The van der Waals surface area contributed by atoms with Crippen LogP contribution in [0.5, 0.6) is 0 Å². The van der Waals surface area contributed by atoms with Crippen LogP contribution in [0.1, 0.15) is 30.8 Å². The van der Waals surface area contributed by atoms with Gasteiger partial charge < -0.3 is 15.2 Å². The van der Waals surface area contributed by atoms with Crippen LogP contribution in [0.4, 0.5) is 0 Å². The summed E-state index contributed by atoms with van der Waals surface area (Å²) >= 11 is 0. The molecule has 2 N–H and O–H groups in total. The van der Waals surface area contributed by atoms with Crippen LogP contribution in [0.2, 0.25) is 0 Å². The van der Waals surface area contributed by atoms with E-state index in [-0.39, 0.29) is 24.0 Å². The van der Waals surface area contributed by atoms with Crippen molar-refractivity contribution in [2.75, 3.05) is 6.54 Å². The Morgan fingerprint density at radius 1 is 1.17 bits per heavy atom. The van der Waals surface area contributed by atoms with Crippen LogP contribution in [-0.2, 0) is 19.6 Å². The average molecular weight is 428 g/mol. The van der Waals surface area contributed by atoms with Gasteiger partial charge in [-0.2, -0.15) is 0 Å². The Labute approximate surface area is 154 Å². The van der Waals surface area contributed by atoms with E-state index in [1.54, 1.807) is 6.33 Å². The van der Waals surface area contributed by atoms with Gasteiger partial charge in [0.2, 0.25) is 0 Å². The first-order chi connectivity index (χ1) is 10.7. The predicted octanol–water partition coefficient (Wildman–Crippen LogP) is 2.48. The van der Waals surface area contributed by atoms with E-state index in [9.17, 15) is 0 Å². The first-order valence-corrected chi connectivity index (χ1v) is 7.67. The van der Waals surface area contributed by atoms with Crippen LogP contribution in [0, 0.1) is 6.92 Å². The van der Waals surface area contributed by atoms with Gasteiger partial charge in [0.05, 0.1) is 13.1 Å². The van der Waals surface area contributed by atoms with Gasteiger partial charge in [0.25, 0.3) is 0 Å². The zero-order valence-electron chi connectivity index (χ0n) is 13.9. The maximum atomic E-state index is 4.61. The summed E-state index contributed by atoms with van der Waals surface area (Å²) in [5.74, 6) is 1.69. The first-order valence-electron chi connectivity index (χ1n) is 7.67. The van der Waals surface area contributed by atoms with Crippen molar-refractivity contribution < 1.29 is 0 Å². The minimum absolute atomic E-state index is 0. The summed E-state index contributed by atoms with van der Waals surface area (Å²) in [6.07, 6.45) is 1.74. The van der Waals surface area contributed by atoms with Gasteiger partial charge in [-0.15, -0.1) is 34.2 Å². The molecular formula is C16H25IN6. The second-order valence-electron chi connectivity index (χ2n) is 5.07. The van der Waals surface area contributed by atoms with Crippen LogP contribution < -0.4 is 10.6 Å². The molecule has 0 radical (unpaired) electrons. The highest BCUT2D eigenvalue weighted by atomic mass is 127. The molecule has 7 heteroatoms. The smallest absolute Gasteiger partial charge is 0.191 e. The third-order valence-corrected chi connectivity index (χ3v) is 3.33. The first kappa shape index (κ1) is 19.4. The van der Waals surface area contributed by atoms with Crippen LogP contribution in [0.25, 0.3) is 0 Å². The lowest BCUT2D eigenvalue weighted by atomic mass is 10.1. The summed E-state index contributed by atoms with van der Waals surface area (Å²) in [4.78, 5) is 4.61. The molecule has 0 amide bonds. The molecule has 0 unspecified atom stereocenters. The Kier molecular flexibility index (Phi) is 8.60. The van der Waals surface area contributed by atoms with Gasteiger partial charge in [0, 0.05) is 13.1 Å². The monoisotopic (exact) mass is 428 g/mol.